The minimum Gasteiger partial charge on any atom is -0.485 e. The third-order valence-electron chi connectivity index (χ3n) is 4.33. The molecule has 1 aromatic heterocycles. The van der Waals surface area contributed by atoms with Crippen molar-refractivity contribution in [2.24, 2.45) is 0 Å². The second kappa shape index (κ2) is 10.5. The maximum atomic E-state index is 13.2. The lowest BCUT2D eigenvalue weighted by Gasteiger charge is -2.18. The topological polar surface area (TPSA) is 69.6 Å². The number of pyridine rings is 1. The number of nitrogens with one attached hydrogen (secondary N) is 1. The van der Waals surface area contributed by atoms with E-state index in [0.29, 0.717) is 18.8 Å². The van der Waals surface area contributed by atoms with Crippen LogP contribution in [0.2, 0.25) is 0 Å². The van der Waals surface area contributed by atoms with E-state index in [1.165, 1.54) is 6.92 Å². The molecule has 1 heterocycles. The third kappa shape index (κ3) is 5.73. The average molecular weight is 399 g/mol. The molecule has 0 fully saturated rings. The van der Waals surface area contributed by atoms with Crippen LogP contribution >= 0.6 is 0 Å². The normalized spacial score (nSPS) is 10.5. The molecule has 1 aromatic carbocycles. The van der Waals surface area contributed by atoms with Gasteiger partial charge in [-0.15, -0.1) is 6.58 Å². The highest BCUT2D eigenvalue weighted by atomic mass is 16.6. The van der Waals surface area contributed by atoms with E-state index in [1.807, 2.05) is 38.1 Å². The predicted molar refractivity (Wildman–Crippen MR) is 118 cm³/mol. The van der Waals surface area contributed by atoms with Gasteiger partial charge in [0.15, 0.2) is 5.75 Å². The van der Waals surface area contributed by atoms with Crippen molar-refractivity contribution in [2.75, 3.05) is 18.5 Å². The summed E-state index contributed by atoms with van der Waals surface area (Å²) in [5.74, 6) is -0.324. The van der Waals surface area contributed by atoms with Crippen molar-refractivity contribution < 1.29 is 14.3 Å². The lowest BCUT2D eigenvalue weighted by Crippen LogP contribution is -2.25. The van der Waals surface area contributed by atoms with Gasteiger partial charge in [-0.3, -0.25) is 9.59 Å². The molecule has 0 aliphatic rings. The Bertz CT molecular complexity index is 969. The number of aromatic nitrogens is 1. The monoisotopic (exact) mass is 398 g/mol. The van der Waals surface area contributed by atoms with E-state index in [0.717, 1.165) is 35.0 Å². The number of fused-ring (bicyclic) bond motifs is 1. The number of nitrogens with zero attached hydrogens (tertiary/aromatic N) is 1. The van der Waals surface area contributed by atoms with E-state index < -0.39 is 5.97 Å². The van der Waals surface area contributed by atoms with Gasteiger partial charge < -0.3 is 19.4 Å². The minimum atomic E-state index is -0.556. The molecule has 0 amide bonds. The Labute approximate surface area is 171 Å². The van der Waals surface area contributed by atoms with Crippen molar-refractivity contribution in [1.29, 1.82) is 0 Å². The van der Waals surface area contributed by atoms with E-state index in [1.54, 1.807) is 10.6 Å². The Balaban J connectivity index is 2.73. The molecule has 2 rings (SSSR count). The summed E-state index contributed by atoms with van der Waals surface area (Å²) >= 11 is 0. The quantitative estimate of drug-likeness (QED) is 0.465. The summed E-state index contributed by atoms with van der Waals surface area (Å²) in [6.45, 7) is 12.4. The molecule has 0 saturated carbocycles. The fourth-order valence-corrected chi connectivity index (χ4v) is 2.91. The van der Waals surface area contributed by atoms with Crippen LogP contribution in [-0.4, -0.2) is 23.7 Å². The van der Waals surface area contributed by atoms with Crippen LogP contribution < -0.4 is 20.3 Å². The Hall–Kier alpha value is -3.02. The number of allylic oxidation sites excluding steroid dienone is 1. The van der Waals surface area contributed by atoms with Gasteiger partial charge in [-0.05, 0) is 44.5 Å². The van der Waals surface area contributed by atoms with Crippen molar-refractivity contribution in [3.05, 3.63) is 52.9 Å². The van der Waals surface area contributed by atoms with Gasteiger partial charge in [-0.25, -0.2) is 0 Å². The molecule has 2 aromatic rings. The Morgan fingerprint density at radius 1 is 1.24 bits per heavy atom. The molecule has 29 heavy (non-hydrogen) atoms. The van der Waals surface area contributed by atoms with Crippen molar-refractivity contribution in [2.45, 2.75) is 47.1 Å². The van der Waals surface area contributed by atoms with Crippen LogP contribution in [0.3, 0.4) is 0 Å². The second-order valence-corrected chi connectivity index (χ2v) is 7.06. The number of carbonyl (C=O) groups is 1. The summed E-state index contributed by atoms with van der Waals surface area (Å²) in [7, 11) is 0. The van der Waals surface area contributed by atoms with Crippen molar-refractivity contribution in [3.8, 4) is 11.5 Å². The number of hydrogen-bond acceptors (Lipinski definition) is 5. The first-order valence-electron chi connectivity index (χ1n) is 9.88. The van der Waals surface area contributed by atoms with Gasteiger partial charge in [0.1, 0.15) is 6.61 Å². The molecule has 0 saturated heterocycles. The van der Waals surface area contributed by atoms with E-state index >= 15 is 0 Å². The van der Waals surface area contributed by atoms with Crippen LogP contribution in [0.25, 0.3) is 10.9 Å². The van der Waals surface area contributed by atoms with Crippen LogP contribution in [0, 0.1) is 0 Å². The predicted octanol–water partition coefficient (Wildman–Crippen LogP) is 4.67. The number of esters is 1. The summed E-state index contributed by atoms with van der Waals surface area (Å²) in [5, 5.41) is 3.97. The van der Waals surface area contributed by atoms with Gasteiger partial charge in [0.25, 0.3) is 5.56 Å². The highest BCUT2D eigenvalue weighted by Gasteiger charge is 2.21. The van der Waals surface area contributed by atoms with Gasteiger partial charge in [0.05, 0.1) is 5.52 Å². The largest absolute Gasteiger partial charge is 0.485 e. The average Bonchev–Trinajstić information content (AvgIpc) is 2.67. The van der Waals surface area contributed by atoms with E-state index in [2.05, 4.69) is 18.8 Å². The van der Waals surface area contributed by atoms with E-state index in [9.17, 15) is 9.59 Å². The smallest absolute Gasteiger partial charge is 0.308 e. The number of rotatable bonds is 10. The summed E-state index contributed by atoms with van der Waals surface area (Å²) in [6.07, 6.45) is 5.44. The van der Waals surface area contributed by atoms with Crippen LogP contribution in [0.4, 0.5) is 5.69 Å². The zero-order chi connectivity index (χ0) is 21.4. The van der Waals surface area contributed by atoms with Crippen molar-refractivity contribution in [3.63, 3.8) is 0 Å². The van der Waals surface area contributed by atoms with Gasteiger partial charge in [-0.1, -0.05) is 25.0 Å². The maximum absolute atomic E-state index is 13.2. The van der Waals surface area contributed by atoms with Gasteiger partial charge in [0.2, 0.25) is 5.75 Å². The zero-order valence-electron chi connectivity index (χ0n) is 17.7. The fraction of sp³-hybridized carbons (Fsp3) is 0.391. The Morgan fingerprint density at radius 2 is 2.00 bits per heavy atom. The van der Waals surface area contributed by atoms with Gasteiger partial charge in [-0.2, -0.15) is 0 Å². The SMILES string of the molecule is C=CCNc1ccc2c(OCC=C(C)C)c(OC(C)=O)c(=O)n(CCCC)c2c1. The van der Waals surface area contributed by atoms with Crippen molar-refractivity contribution in [1.82, 2.24) is 4.57 Å². The highest BCUT2D eigenvalue weighted by molar-refractivity contribution is 5.91. The number of aryl methyl sites for hydroxylation is 1. The van der Waals surface area contributed by atoms with Crippen molar-refractivity contribution >= 4 is 22.6 Å². The lowest BCUT2D eigenvalue weighted by molar-refractivity contribution is -0.132. The summed E-state index contributed by atoms with van der Waals surface area (Å²) in [5.41, 5.74) is 2.34. The molecular formula is C23H30N2O4. The molecule has 1 N–H and O–H groups in total. The Morgan fingerprint density at radius 3 is 2.62 bits per heavy atom. The first-order valence-corrected chi connectivity index (χ1v) is 9.88. The molecule has 0 aliphatic heterocycles. The second-order valence-electron chi connectivity index (χ2n) is 7.06. The first kappa shape index (κ1) is 22.3. The van der Waals surface area contributed by atoms with E-state index in [-0.39, 0.29) is 17.9 Å². The van der Waals surface area contributed by atoms with Crippen LogP contribution in [0.15, 0.2) is 47.3 Å². The molecule has 6 nitrogen and oxygen atoms in total. The lowest BCUT2D eigenvalue weighted by atomic mass is 10.1. The fourth-order valence-electron chi connectivity index (χ4n) is 2.91. The third-order valence-corrected chi connectivity index (χ3v) is 4.33. The molecule has 0 bridgehead atoms. The number of carbonyl (C=O) groups excluding carboxylic acids is 1. The number of benzene rings is 1. The Kier molecular flexibility index (Phi) is 8.07. The van der Waals surface area contributed by atoms with Crippen LogP contribution in [0.5, 0.6) is 11.5 Å². The van der Waals surface area contributed by atoms with Gasteiger partial charge in [0, 0.05) is 31.1 Å². The molecule has 0 radical (unpaired) electrons. The highest BCUT2D eigenvalue weighted by Crippen LogP contribution is 2.34. The van der Waals surface area contributed by atoms with Gasteiger partial charge >= 0.3 is 5.97 Å². The number of hydrogen-bond donors (Lipinski definition) is 1. The van der Waals surface area contributed by atoms with Crippen LogP contribution in [0.1, 0.15) is 40.5 Å². The molecule has 0 spiro atoms. The maximum Gasteiger partial charge on any atom is 0.308 e. The number of anilines is 1. The minimum absolute atomic E-state index is 0.0601. The molecular weight excluding hydrogens is 368 g/mol. The number of unbranched alkanes of at least 4 members (excludes halogenated alkanes) is 1. The molecule has 0 atom stereocenters. The number of ether oxygens (including phenoxy) is 2. The summed E-state index contributed by atoms with van der Waals surface area (Å²) < 4.78 is 12.9. The summed E-state index contributed by atoms with van der Waals surface area (Å²) in [4.78, 5) is 24.9. The zero-order valence-corrected chi connectivity index (χ0v) is 17.7. The molecule has 156 valence electrons. The molecule has 0 unspecified atom stereocenters. The van der Waals surface area contributed by atoms with E-state index in [4.69, 9.17) is 9.47 Å². The molecule has 0 aliphatic carbocycles. The standard InChI is InChI=1S/C23H30N2O4/c1-6-8-13-25-20-15-18(24-12-7-2)9-10-19(20)21(28-14-11-16(3)4)22(23(25)27)29-17(5)26/h7,9-11,15,24H,2,6,8,12-14H2,1,3-5H3. The van der Waals surface area contributed by atoms with Crippen LogP contribution in [-0.2, 0) is 11.3 Å². The summed E-state index contributed by atoms with van der Waals surface area (Å²) in [6, 6.07) is 5.71. The first-order chi connectivity index (χ1) is 13.9. The molecule has 6 heteroatoms.